The lowest BCUT2D eigenvalue weighted by Crippen LogP contribution is -2.18. The minimum absolute atomic E-state index is 0.108. The topological polar surface area (TPSA) is 35.5 Å². The minimum atomic E-state index is -3.10. The van der Waals surface area contributed by atoms with Gasteiger partial charge < -0.3 is 4.52 Å². The smallest absolute Gasteiger partial charge is 0.379 e. The highest BCUT2D eigenvalue weighted by molar-refractivity contribution is 7.54. The van der Waals surface area contributed by atoms with E-state index >= 15 is 0 Å². The van der Waals surface area contributed by atoms with Crippen LogP contribution >= 0.6 is 7.60 Å². The molecule has 27 heavy (non-hydrogen) atoms. The average Bonchev–Trinajstić information content (AvgIpc) is 2.68. The molecule has 0 spiro atoms. The van der Waals surface area contributed by atoms with Gasteiger partial charge in [0.2, 0.25) is 0 Å². The normalized spacial score (nSPS) is 13.9. The first-order valence-corrected chi connectivity index (χ1v) is 11.7. The van der Waals surface area contributed by atoms with Crippen LogP contribution < -0.4 is 4.52 Å². The van der Waals surface area contributed by atoms with Crippen LogP contribution in [-0.4, -0.2) is 12.8 Å². The number of unbranched alkanes of at least 4 members (excludes halogenated alkanes) is 2. The lowest BCUT2D eigenvalue weighted by Gasteiger charge is -2.26. The lowest BCUT2D eigenvalue weighted by molar-refractivity contribution is 0.259. The summed E-state index contributed by atoms with van der Waals surface area (Å²) in [7, 11) is -3.10. The van der Waals surface area contributed by atoms with Gasteiger partial charge in [0.1, 0.15) is 5.75 Å². The van der Waals surface area contributed by atoms with E-state index in [-0.39, 0.29) is 5.41 Å². The zero-order valence-electron chi connectivity index (χ0n) is 17.1. The third kappa shape index (κ3) is 6.23. The quantitative estimate of drug-likeness (QED) is 0.301. The summed E-state index contributed by atoms with van der Waals surface area (Å²) in [5.41, 5.74) is 2.34. The van der Waals surface area contributed by atoms with Gasteiger partial charge in [-0.3, -0.25) is 4.52 Å². The van der Waals surface area contributed by atoms with Crippen molar-refractivity contribution in [1.82, 2.24) is 0 Å². The van der Waals surface area contributed by atoms with Crippen molar-refractivity contribution in [2.24, 2.45) is 0 Å². The van der Waals surface area contributed by atoms with Crippen molar-refractivity contribution in [3.05, 3.63) is 65.7 Å². The predicted octanol–water partition coefficient (Wildman–Crippen LogP) is 7.20. The van der Waals surface area contributed by atoms with Crippen molar-refractivity contribution in [1.29, 1.82) is 0 Å². The van der Waals surface area contributed by atoms with Gasteiger partial charge in [0, 0.05) is 5.41 Å². The monoisotopic (exact) mass is 388 g/mol. The zero-order valence-corrected chi connectivity index (χ0v) is 18.0. The van der Waals surface area contributed by atoms with Crippen LogP contribution in [0.4, 0.5) is 0 Å². The first-order chi connectivity index (χ1) is 12.9. The number of hydrogen-bond acceptors (Lipinski definition) is 3. The molecule has 0 bridgehead atoms. The van der Waals surface area contributed by atoms with E-state index in [0.29, 0.717) is 18.5 Å². The zero-order chi connectivity index (χ0) is 19.8. The van der Waals surface area contributed by atoms with Gasteiger partial charge in [-0.15, -0.1) is 0 Å². The standard InChI is InChI=1S/C23H33O3P/c1-5-7-18-25-27(24,19-8-6-2)26-22-16-14-21(15-17-22)23(3,4)20-12-10-9-11-13-20/h9-17H,5-8,18-19H2,1-4H3. The summed E-state index contributed by atoms with van der Waals surface area (Å²) in [6, 6.07) is 18.4. The summed E-state index contributed by atoms with van der Waals surface area (Å²) >= 11 is 0. The van der Waals surface area contributed by atoms with E-state index in [1.165, 1.54) is 11.1 Å². The van der Waals surface area contributed by atoms with E-state index < -0.39 is 7.60 Å². The first-order valence-electron chi connectivity index (χ1n) is 10.0. The Morgan fingerprint density at radius 2 is 1.44 bits per heavy atom. The fourth-order valence-corrected chi connectivity index (χ4v) is 4.78. The fourth-order valence-electron chi connectivity index (χ4n) is 2.95. The highest BCUT2D eigenvalue weighted by Crippen LogP contribution is 2.49. The van der Waals surface area contributed by atoms with E-state index in [0.717, 1.165) is 25.7 Å². The van der Waals surface area contributed by atoms with Crippen molar-refractivity contribution in [3.8, 4) is 5.75 Å². The van der Waals surface area contributed by atoms with Gasteiger partial charge in [0.05, 0.1) is 12.8 Å². The second kappa shape index (κ2) is 10.1. The third-order valence-electron chi connectivity index (χ3n) is 4.89. The third-order valence-corrected chi connectivity index (χ3v) is 6.82. The van der Waals surface area contributed by atoms with Crippen LogP contribution in [0.5, 0.6) is 5.75 Å². The first kappa shape index (κ1) is 21.7. The molecule has 0 saturated heterocycles. The van der Waals surface area contributed by atoms with Crippen molar-refractivity contribution in [3.63, 3.8) is 0 Å². The second-order valence-electron chi connectivity index (χ2n) is 7.48. The van der Waals surface area contributed by atoms with Crippen LogP contribution in [0, 0.1) is 0 Å². The molecule has 2 aromatic carbocycles. The van der Waals surface area contributed by atoms with E-state index in [1.807, 2.05) is 18.2 Å². The second-order valence-corrected chi connectivity index (χ2v) is 9.59. The molecule has 1 unspecified atom stereocenters. The SMILES string of the molecule is CCCCOP(=O)(CCCC)Oc1ccc(C(C)(C)c2ccccc2)cc1. The molecular formula is C23H33O3P. The number of hydrogen-bond donors (Lipinski definition) is 0. The molecule has 3 nitrogen and oxygen atoms in total. The molecule has 148 valence electrons. The Kier molecular flexibility index (Phi) is 8.13. The summed E-state index contributed by atoms with van der Waals surface area (Å²) in [6.45, 7) is 9.07. The Balaban J connectivity index is 2.13. The van der Waals surface area contributed by atoms with Crippen LogP contribution in [0.3, 0.4) is 0 Å². The molecule has 0 saturated carbocycles. The Morgan fingerprint density at radius 3 is 2.04 bits per heavy atom. The van der Waals surface area contributed by atoms with Gasteiger partial charge in [-0.1, -0.05) is 83.0 Å². The van der Waals surface area contributed by atoms with Crippen molar-refractivity contribution >= 4 is 7.60 Å². The van der Waals surface area contributed by atoms with Gasteiger partial charge in [0.25, 0.3) is 0 Å². The summed E-state index contributed by atoms with van der Waals surface area (Å²) < 4.78 is 24.6. The summed E-state index contributed by atoms with van der Waals surface area (Å²) in [5, 5.41) is 0. The molecule has 0 aliphatic carbocycles. The van der Waals surface area contributed by atoms with Gasteiger partial charge >= 0.3 is 7.60 Å². The van der Waals surface area contributed by atoms with Gasteiger partial charge in [-0.2, -0.15) is 0 Å². The molecule has 0 aliphatic heterocycles. The van der Waals surface area contributed by atoms with E-state index in [9.17, 15) is 4.57 Å². The average molecular weight is 388 g/mol. The minimum Gasteiger partial charge on any atom is -0.424 e. The van der Waals surface area contributed by atoms with E-state index in [2.05, 4.69) is 64.1 Å². The molecular weight excluding hydrogens is 355 g/mol. The molecule has 0 N–H and O–H groups in total. The van der Waals surface area contributed by atoms with E-state index in [4.69, 9.17) is 9.05 Å². The summed E-state index contributed by atoms with van der Waals surface area (Å²) in [6.07, 6.45) is 4.17. The highest BCUT2D eigenvalue weighted by atomic mass is 31.2. The van der Waals surface area contributed by atoms with Crippen LogP contribution in [0.15, 0.2) is 54.6 Å². The van der Waals surface area contributed by atoms with Crippen molar-refractivity contribution < 1.29 is 13.6 Å². The maximum absolute atomic E-state index is 13.1. The Hall–Kier alpha value is -1.57. The molecule has 0 amide bonds. The maximum atomic E-state index is 13.1. The van der Waals surface area contributed by atoms with E-state index in [1.54, 1.807) is 0 Å². The maximum Gasteiger partial charge on any atom is 0.379 e. The van der Waals surface area contributed by atoms with Crippen LogP contribution in [0.2, 0.25) is 0 Å². The highest BCUT2D eigenvalue weighted by Gasteiger charge is 2.26. The number of rotatable bonds is 11. The van der Waals surface area contributed by atoms with Gasteiger partial charge in [-0.05, 0) is 36.1 Å². The molecule has 1 atom stereocenters. The van der Waals surface area contributed by atoms with Crippen LogP contribution in [-0.2, 0) is 14.5 Å². The molecule has 0 heterocycles. The molecule has 0 fully saturated rings. The molecule has 0 aromatic heterocycles. The Morgan fingerprint density at radius 1 is 0.852 bits per heavy atom. The number of benzene rings is 2. The lowest BCUT2D eigenvalue weighted by atomic mass is 9.78. The Bertz CT molecular complexity index is 723. The van der Waals surface area contributed by atoms with Crippen LogP contribution in [0.1, 0.15) is 64.5 Å². The van der Waals surface area contributed by atoms with Gasteiger partial charge in [0.15, 0.2) is 0 Å². The summed E-state index contributed by atoms with van der Waals surface area (Å²) in [5.74, 6) is 0.610. The van der Waals surface area contributed by atoms with Crippen LogP contribution in [0.25, 0.3) is 0 Å². The molecule has 2 rings (SSSR count). The van der Waals surface area contributed by atoms with Crippen molar-refractivity contribution in [2.45, 2.75) is 58.8 Å². The molecule has 0 aliphatic rings. The van der Waals surface area contributed by atoms with Crippen molar-refractivity contribution in [2.75, 3.05) is 12.8 Å². The van der Waals surface area contributed by atoms with Gasteiger partial charge in [-0.25, -0.2) is 4.57 Å². The molecule has 4 heteroatoms. The fraction of sp³-hybridized carbons (Fsp3) is 0.478. The summed E-state index contributed by atoms with van der Waals surface area (Å²) in [4.78, 5) is 0. The molecule has 0 radical (unpaired) electrons. The predicted molar refractivity (Wildman–Crippen MR) is 114 cm³/mol. The largest absolute Gasteiger partial charge is 0.424 e. The molecule has 2 aromatic rings. The Labute approximate surface area is 164 Å².